The Morgan fingerprint density at radius 1 is 0.923 bits per heavy atom. The molecule has 0 atom stereocenters. The lowest BCUT2D eigenvalue weighted by atomic mass is 10.2. The Bertz CT molecular complexity index is 1040. The fourth-order valence-corrected chi connectivity index (χ4v) is 2.76. The van der Waals surface area contributed by atoms with Crippen molar-refractivity contribution in [2.24, 2.45) is 0 Å². The maximum absolute atomic E-state index is 11.5. The van der Waals surface area contributed by atoms with Crippen LogP contribution < -0.4 is 5.32 Å². The molecule has 128 valence electrons. The van der Waals surface area contributed by atoms with Gasteiger partial charge in [-0.3, -0.25) is 10.1 Å². The first-order chi connectivity index (χ1) is 12.7. The summed E-state index contributed by atoms with van der Waals surface area (Å²) in [6.07, 6.45) is 8.94. The third kappa shape index (κ3) is 3.05. The summed E-state index contributed by atoms with van der Waals surface area (Å²) >= 11 is 0. The van der Waals surface area contributed by atoms with Crippen LogP contribution in [0.4, 0.5) is 17.1 Å². The lowest BCUT2D eigenvalue weighted by Gasteiger charge is -2.11. The molecule has 0 amide bonds. The van der Waals surface area contributed by atoms with Crippen molar-refractivity contribution in [2.75, 3.05) is 5.32 Å². The van der Waals surface area contributed by atoms with Crippen molar-refractivity contribution in [3.8, 4) is 11.4 Å². The Morgan fingerprint density at radius 3 is 2.46 bits per heavy atom. The first kappa shape index (κ1) is 15.6. The van der Waals surface area contributed by atoms with Crippen LogP contribution in [0.3, 0.4) is 0 Å². The second-order valence-electron chi connectivity index (χ2n) is 5.69. The van der Waals surface area contributed by atoms with Crippen LogP contribution in [-0.2, 0) is 0 Å². The molecule has 0 fully saturated rings. The standard InChI is InChI=1S/C19H15N5O2/c25-24(26)19-13-17(22-9-1-2-10-22)6-7-18(19)21-15-4-3-5-16(12-15)23-11-8-20-14-23/h1-14,21H. The van der Waals surface area contributed by atoms with Crippen molar-refractivity contribution < 1.29 is 4.92 Å². The Kier molecular flexibility index (Phi) is 3.95. The van der Waals surface area contributed by atoms with Crippen molar-refractivity contribution in [3.63, 3.8) is 0 Å². The van der Waals surface area contributed by atoms with Gasteiger partial charge in [0, 0.05) is 42.2 Å². The van der Waals surface area contributed by atoms with Gasteiger partial charge in [0.05, 0.1) is 16.9 Å². The third-order valence-corrected chi connectivity index (χ3v) is 4.01. The summed E-state index contributed by atoms with van der Waals surface area (Å²) in [5.74, 6) is 0. The van der Waals surface area contributed by atoms with Crippen molar-refractivity contribution >= 4 is 17.1 Å². The summed E-state index contributed by atoms with van der Waals surface area (Å²) in [6, 6.07) is 16.5. The topological polar surface area (TPSA) is 77.9 Å². The zero-order chi connectivity index (χ0) is 17.9. The van der Waals surface area contributed by atoms with E-state index in [1.54, 1.807) is 24.7 Å². The summed E-state index contributed by atoms with van der Waals surface area (Å²) in [4.78, 5) is 15.2. The molecule has 0 saturated heterocycles. The number of benzene rings is 2. The highest BCUT2D eigenvalue weighted by atomic mass is 16.6. The highest BCUT2D eigenvalue weighted by molar-refractivity contribution is 5.72. The first-order valence-corrected chi connectivity index (χ1v) is 7.98. The molecule has 0 spiro atoms. The fourth-order valence-electron chi connectivity index (χ4n) is 2.76. The summed E-state index contributed by atoms with van der Waals surface area (Å²) in [5, 5.41) is 14.7. The Balaban J connectivity index is 1.68. The second-order valence-corrected chi connectivity index (χ2v) is 5.69. The normalized spacial score (nSPS) is 10.6. The predicted molar refractivity (Wildman–Crippen MR) is 99.3 cm³/mol. The summed E-state index contributed by atoms with van der Waals surface area (Å²) in [6.45, 7) is 0. The fraction of sp³-hybridized carbons (Fsp3) is 0. The van der Waals surface area contributed by atoms with Gasteiger partial charge in [-0.2, -0.15) is 0 Å². The van der Waals surface area contributed by atoms with E-state index < -0.39 is 0 Å². The van der Waals surface area contributed by atoms with E-state index in [9.17, 15) is 10.1 Å². The number of aromatic nitrogens is 3. The molecule has 26 heavy (non-hydrogen) atoms. The minimum absolute atomic E-state index is 0.0178. The van der Waals surface area contributed by atoms with Gasteiger partial charge in [-0.05, 0) is 42.5 Å². The molecule has 7 nitrogen and oxygen atoms in total. The first-order valence-electron chi connectivity index (χ1n) is 7.98. The van der Waals surface area contributed by atoms with Crippen LogP contribution in [0.15, 0.2) is 85.7 Å². The van der Waals surface area contributed by atoms with Crippen LogP contribution in [0.1, 0.15) is 0 Å². The van der Waals surface area contributed by atoms with Crippen LogP contribution in [0.2, 0.25) is 0 Å². The largest absolute Gasteiger partial charge is 0.350 e. The van der Waals surface area contributed by atoms with E-state index >= 15 is 0 Å². The van der Waals surface area contributed by atoms with Crippen LogP contribution in [-0.4, -0.2) is 19.0 Å². The Morgan fingerprint density at radius 2 is 1.73 bits per heavy atom. The average molecular weight is 345 g/mol. The highest BCUT2D eigenvalue weighted by Gasteiger charge is 2.15. The second kappa shape index (κ2) is 6.56. The van der Waals surface area contributed by atoms with Gasteiger partial charge in [0.2, 0.25) is 0 Å². The quantitative estimate of drug-likeness (QED) is 0.432. The molecule has 4 aromatic rings. The lowest BCUT2D eigenvalue weighted by molar-refractivity contribution is -0.383. The number of hydrogen-bond donors (Lipinski definition) is 1. The molecule has 2 aromatic carbocycles. The number of nitrogens with zero attached hydrogens (tertiary/aromatic N) is 4. The summed E-state index contributed by atoms with van der Waals surface area (Å²) in [5.41, 5.74) is 2.87. The van der Waals surface area contributed by atoms with Crippen molar-refractivity contribution in [1.82, 2.24) is 14.1 Å². The molecule has 0 radical (unpaired) electrons. The van der Waals surface area contributed by atoms with E-state index in [4.69, 9.17) is 0 Å². The van der Waals surface area contributed by atoms with E-state index in [-0.39, 0.29) is 10.6 Å². The Hall–Kier alpha value is -3.87. The molecule has 2 aromatic heterocycles. The van der Waals surface area contributed by atoms with Gasteiger partial charge in [0.25, 0.3) is 5.69 Å². The summed E-state index contributed by atoms with van der Waals surface area (Å²) in [7, 11) is 0. The maximum Gasteiger partial charge on any atom is 0.294 e. The molecule has 0 aliphatic rings. The van der Waals surface area contributed by atoms with Crippen molar-refractivity contribution in [1.29, 1.82) is 0 Å². The molecule has 0 aliphatic heterocycles. The van der Waals surface area contributed by atoms with Crippen molar-refractivity contribution in [3.05, 3.63) is 95.8 Å². The Labute approximate surface area is 149 Å². The number of imidazole rings is 1. The van der Waals surface area contributed by atoms with E-state index in [1.807, 2.05) is 70.2 Å². The van der Waals surface area contributed by atoms with Gasteiger partial charge >= 0.3 is 0 Å². The minimum atomic E-state index is -0.380. The predicted octanol–water partition coefficient (Wildman–Crippen LogP) is 4.31. The molecule has 0 saturated carbocycles. The van der Waals surface area contributed by atoms with Crippen LogP contribution in [0, 0.1) is 10.1 Å². The van der Waals surface area contributed by atoms with Gasteiger partial charge < -0.3 is 14.5 Å². The van der Waals surface area contributed by atoms with Gasteiger partial charge in [-0.15, -0.1) is 0 Å². The number of nitrogens with one attached hydrogen (secondary N) is 1. The van der Waals surface area contributed by atoms with Gasteiger partial charge in [0.1, 0.15) is 5.69 Å². The van der Waals surface area contributed by atoms with E-state index in [0.717, 1.165) is 17.1 Å². The average Bonchev–Trinajstić information content (AvgIpc) is 3.36. The molecule has 0 aliphatic carbocycles. The van der Waals surface area contributed by atoms with Crippen LogP contribution in [0.5, 0.6) is 0 Å². The zero-order valence-electron chi connectivity index (χ0n) is 13.7. The van der Waals surface area contributed by atoms with Crippen LogP contribution in [0.25, 0.3) is 11.4 Å². The van der Waals surface area contributed by atoms with E-state index in [2.05, 4.69) is 10.3 Å². The van der Waals surface area contributed by atoms with E-state index in [1.165, 1.54) is 0 Å². The maximum atomic E-state index is 11.5. The van der Waals surface area contributed by atoms with Crippen LogP contribution >= 0.6 is 0 Å². The SMILES string of the molecule is O=[N+]([O-])c1cc(-n2cccc2)ccc1Nc1cccc(-n2ccnc2)c1. The van der Waals surface area contributed by atoms with Crippen molar-refractivity contribution in [2.45, 2.75) is 0 Å². The number of hydrogen-bond acceptors (Lipinski definition) is 4. The molecule has 0 bridgehead atoms. The minimum Gasteiger partial charge on any atom is -0.350 e. The third-order valence-electron chi connectivity index (χ3n) is 4.01. The zero-order valence-corrected chi connectivity index (χ0v) is 13.7. The molecule has 7 heteroatoms. The monoisotopic (exact) mass is 345 g/mol. The number of anilines is 2. The van der Waals surface area contributed by atoms with Gasteiger partial charge in [0.15, 0.2) is 0 Å². The number of rotatable bonds is 5. The molecule has 1 N–H and O–H groups in total. The summed E-state index contributed by atoms with van der Waals surface area (Å²) < 4.78 is 3.70. The number of nitro groups is 1. The van der Waals surface area contributed by atoms with E-state index in [0.29, 0.717) is 5.69 Å². The molecule has 0 unspecified atom stereocenters. The molecule has 4 rings (SSSR count). The van der Waals surface area contributed by atoms with Gasteiger partial charge in [-0.25, -0.2) is 4.98 Å². The lowest BCUT2D eigenvalue weighted by Crippen LogP contribution is -2.00. The molecular formula is C19H15N5O2. The molecular weight excluding hydrogens is 330 g/mol. The smallest absolute Gasteiger partial charge is 0.294 e. The number of nitro benzene ring substituents is 1. The molecule has 2 heterocycles. The highest BCUT2D eigenvalue weighted by Crippen LogP contribution is 2.30. The van der Waals surface area contributed by atoms with Gasteiger partial charge in [-0.1, -0.05) is 6.07 Å².